The molecular formula is C21H23NO3S. The molecule has 0 amide bonds. The topological polar surface area (TPSA) is 48.4 Å². The summed E-state index contributed by atoms with van der Waals surface area (Å²) in [6.07, 6.45) is 4.61. The Labute approximate surface area is 159 Å². The smallest absolute Gasteiger partial charge is 0.339 e. The van der Waals surface area contributed by atoms with E-state index >= 15 is 0 Å². The number of nitrogens with zero attached hydrogens (tertiary/aromatic N) is 1. The number of ether oxygens (including phenoxy) is 2. The van der Waals surface area contributed by atoms with Gasteiger partial charge in [-0.05, 0) is 61.9 Å². The fraction of sp³-hybridized carbons (Fsp3) is 0.333. The van der Waals surface area contributed by atoms with Crippen LogP contribution in [0.1, 0.15) is 41.9 Å². The first-order chi connectivity index (χ1) is 12.6. The maximum atomic E-state index is 11.6. The number of carbonyl (C=O) groups is 1. The first-order valence-electron chi connectivity index (χ1n) is 8.53. The molecule has 2 rings (SSSR count). The fourth-order valence-electron chi connectivity index (χ4n) is 2.03. The zero-order valence-electron chi connectivity index (χ0n) is 15.3. The molecule has 0 N–H and O–H groups in total. The summed E-state index contributed by atoms with van der Waals surface area (Å²) in [7, 11) is 0. The highest BCUT2D eigenvalue weighted by Gasteiger charge is 2.05. The molecular weight excluding hydrogens is 346 g/mol. The maximum Gasteiger partial charge on any atom is 0.339 e. The van der Waals surface area contributed by atoms with Gasteiger partial charge in [-0.2, -0.15) is 11.8 Å². The molecule has 1 aromatic carbocycles. The molecule has 0 saturated heterocycles. The predicted molar refractivity (Wildman–Crippen MR) is 106 cm³/mol. The molecule has 0 aliphatic heterocycles. The van der Waals surface area contributed by atoms with Crippen LogP contribution in [0, 0.1) is 11.8 Å². The SMILES string of the molecule is CCOC(=O)c1ccc(C#Cc2ccc(OCCC(C)SC)cc2)nc1. The van der Waals surface area contributed by atoms with Crippen LogP contribution in [0.2, 0.25) is 0 Å². The molecule has 0 bridgehead atoms. The zero-order valence-corrected chi connectivity index (χ0v) is 16.1. The van der Waals surface area contributed by atoms with Crippen molar-refractivity contribution in [3.05, 3.63) is 59.4 Å². The van der Waals surface area contributed by atoms with Gasteiger partial charge in [0.05, 0.1) is 18.8 Å². The zero-order chi connectivity index (χ0) is 18.8. The van der Waals surface area contributed by atoms with Crippen molar-refractivity contribution >= 4 is 17.7 Å². The van der Waals surface area contributed by atoms with Crippen LogP contribution in [0.25, 0.3) is 0 Å². The van der Waals surface area contributed by atoms with Gasteiger partial charge in [-0.3, -0.25) is 0 Å². The molecule has 0 fully saturated rings. The van der Waals surface area contributed by atoms with E-state index in [1.165, 1.54) is 6.20 Å². The van der Waals surface area contributed by atoms with Gasteiger partial charge < -0.3 is 9.47 Å². The molecule has 0 saturated carbocycles. The number of benzene rings is 1. The van der Waals surface area contributed by atoms with Crippen molar-refractivity contribution in [1.29, 1.82) is 0 Å². The van der Waals surface area contributed by atoms with Crippen LogP contribution in [-0.4, -0.2) is 35.7 Å². The Bertz CT molecular complexity index is 761. The second kappa shape index (κ2) is 10.5. The summed E-state index contributed by atoms with van der Waals surface area (Å²) in [4.78, 5) is 15.8. The molecule has 0 aliphatic rings. The Morgan fingerprint density at radius 1 is 1.19 bits per heavy atom. The van der Waals surface area contributed by atoms with Crippen molar-refractivity contribution in [2.45, 2.75) is 25.5 Å². The molecule has 26 heavy (non-hydrogen) atoms. The molecule has 136 valence electrons. The van der Waals surface area contributed by atoms with Gasteiger partial charge in [0.25, 0.3) is 0 Å². The van der Waals surface area contributed by atoms with E-state index in [9.17, 15) is 4.79 Å². The first kappa shape index (κ1) is 19.9. The normalized spacial score (nSPS) is 11.2. The summed E-state index contributed by atoms with van der Waals surface area (Å²) in [5.74, 6) is 6.52. The van der Waals surface area contributed by atoms with E-state index in [1.54, 1.807) is 19.1 Å². The average Bonchev–Trinajstić information content (AvgIpc) is 2.67. The summed E-state index contributed by atoms with van der Waals surface area (Å²) < 4.78 is 10.7. The summed E-state index contributed by atoms with van der Waals surface area (Å²) >= 11 is 1.84. The van der Waals surface area contributed by atoms with Crippen molar-refractivity contribution in [2.75, 3.05) is 19.5 Å². The predicted octanol–water partition coefficient (Wildman–Crippen LogP) is 4.18. The highest BCUT2D eigenvalue weighted by molar-refractivity contribution is 7.99. The van der Waals surface area contributed by atoms with Crippen LogP contribution in [0.3, 0.4) is 0 Å². The molecule has 1 unspecified atom stereocenters. The Balaban J connectivity index is 1.92. The molecule has 4 nitrogen and oxygen atoms in total. The minimum Gasteiger partial charge on any atom is -0.494 e. The number of esters is 1. The van der Waals surface area contributed by atoms with Crippen molar-refractivity contribution in [2.24, 2.45) is 0 Å². The van der Waals surface area contributed by atoms with Crippen LogP contribution in [0.4, 0.5) is 0 Å². The largest absolute Gasteiger partial charge is 0.494 e. The maximum absolute atomic E-state index is 11.6. The van der Waals surface area contributed by atoms with Crippen molar-refractivity contribution in [1.82, 2.24) is 4.98 Å². The Morgan fingerprint density at radius 2 is 1.96 bits per heavy atom. The van der Waals surface area contributed by atoms with Gasteiger partial charge in [0.2, 0.25) is 0 Å². The van der Waals surface area contributed by atoms with Gasteiger partial charge in [-0.25, -0.2) is 9.78 Å². The number of aromatic nitrogens is 1. The molecule has 0 spiro atoms. The van der Waals surface area contributed by atoms with E-state index in [2.05, 4.69) is 30.0 Å². The van der Waals surface area contributed by atoms with Gasteiger partial charge >= 0.3 is 5.97 Å². The number of rotatable bonds is 7. The van der Waals surface area contributed by atoms with Crippen LogP contribution >= 0.6 is 11.8 Å². The van der Waals surface area contributed by atoms with Gasteiger partial charge in [-0.1, -0.05) is 12.8 Å². The number of hydrogen-bond donors (Lipinski definition) is 0. The van der Waals surface area contributed by atoms with Crippen LogP contribution in [-0.2, 0) is 4.74 Å². The number of pyridine rings is 1. The Kier molecular flexibility index (Phi) is 8.04. The average molecular weight is 369 g/mol. The van der Waals surface area contributed by atoms with Gasteiger partial charge in [0, 0.05) is 17.0 Å². The standard InChI is InChI=1S/C21H23NO3S/c1-4-24-21(23)18-8-10-19(22-15-18)9-5-17-6-11-20(12-7-17)25-14-13-16(2)26-3/h6-8,10-12,15-16H,4,13-14H2,1-3H3. The van der Waals surface area contributed by atoms with Crippen molar-refractivity contribution < 1.29 is 14.3 Å². The monoisotopic (exact) mass is 369 g/mol. The summed E-state index contributed by atoms with van der Waals surface area (Å²) in [6.45, 7) is 5.02. The number of carbonyl (C=O) groups excluding carboxylic acids is 1. The second-order valence-electron chi connectivity index (χ2n) is 5.61. The quantitative estimate of drug-likeness (QED) is 0.541. The summed E-state index contributed by atoms with van der Waals surface area (Å²) in [5.41, 5.74) is 1.91. The van der Waals surface area contributed by atoms with Gasteiger partial charge in [0.15, 0.2) is 0 Å². The van der Waals surface area contributed by atoms with E-state index in [0.29, 0.717) is 29.7 Å². The third-order valence-corrected chi connectivity index (χ3v) is 4.70. The highest BCUT2D eigenvalue weighted by Crippen LogP contribution is 2.14. The lowest BCUT2D eigenvalue weighted by Crippen LogP contribution is -2.05. The fourth-order valence-corrected chi connectivity index (χ4v) is 2.37. The van der Waals surface area contributed by atoms with E-state index in [1.807, 2.05) is 36.0 Å². The van der Waals surface area contributed by atoms with E-state index in [0.717, 1.165) is 17.7 Å². The molecule has 0 radical (unpaired) electrons. The summed E-state index contributed by atoms with van der Waals surface area (Å²) in [5, 5.41) is 0.600. The molecule has 1 atom stereocenters. The van der Waals surface area contributed by atoms with E-state index in [-0.39, 0.29) is 5.97 Å². The lowest BCUT2D eigenvalue weighted by Gasteiger charge is -2.09. The van der Waals surface area contributed by atoms with Crippen molar-refractivity contribution in [3.8, 4) is 17.6 Å². The molecule has 0 aliphatic carbocycles. The minimum absolute atomic E-state index is 0.344. The molecule has 1 aromatic heterocycles. The number of hydrogen-bond acceptors (Lipinski definition) is 5. The lowest BCUT2D eigenvalue weighted by molar-refractivity contribution is 0.0526. The lowest BCUT2D eigenvalue weighted by atomic mass is 10.2. The highest BCUT2D eigenvalue weighted by atomic mass is 32.2. The Hall–Kier alpha value is -2.45. The minimum atomic E-state index is -0.373. The third-order valence-electron chi connectivity index (χ3n) is 3.66. The second-order valence-corrected chi connectivity index (χ2v) is 6.89. The van der Waals surface area contributed by atoms with Gasteiger partial charge in [-0.15, -0.1) is 0 Å². The van der Waals surface area contributed by atoms with Crippen LogP contribution in [0.15, 0.2) is 42.6 Å². The van der Waals surface area contributed by atoms with E-state index in [4.69, 9.17) is 9.47 Å². The Morgan fingerprint density at radius 3 is 2.58 bits per heavy atom. The van der Waals surface area contributed by atoms with E-state index < -0.39 is 0 Å². The summed E-state index contributed by atoms with van der Waals surface area (Å²) in [6, 6.07) is 11.1. The van der Waals surface area contributed by atoms with Crippen molar-refractivity contribution in [3.63, 3.8) is 0 Å². The molecule has 2 aromatic rings. The van der Waals surface area contributed by atoms with Crippen LogP contribution < -0.4 is 4.74 Å². The third kappa shape index (κ3) is 6.45. The van der Waals surface area contributed by atoms with Gasteiger partial charge in [0.1, 0.15) is 11.4 Å². The molecule has 1 heterocycles. The molecule has 5 heteroatoms. The first-order valence-corrected chi connectivity index (χ1v) is 9.82. The number of thioether (sulfide) groups is 1. The van der Waals surface area contributed by atoms with Crippen LogP contribution in [0.5, 0.6) is 5.75 Å².